The number of halogens is 2. The summed E-state index contributed by atoms with van der Waals surface area (Å²) in [5, 5.41) is 3.81. The van der Waals surface area contributed by atoms with Gasteiger partial charge in [-0.05, 0) is 79.3 Å². The third kappa shape index (κ3) is 6.24. The normalized spacial score (nSPS) is 20.6. The lowest BCUT2D eigenvalue weighted by Crippen LogP contribution is -2.46. The number of hydrogen-bond donors (Lipinski definition) is 2. The summed E-state index contributed by atoms with van der Waals surface area (Å²) in [5.74, 6) is -1.11. The topological polar surface area (TPSA) is 38.0 Å². The van der Waals surface area contributed by atoms with Gasteiger partial charge in [-0.2, -0.15) is 0 Å². The lowest BCUT2D eigenvalue weighted by Gasteiger charge is -2.41. The molecule has 3 N–H and O–H groups in total. The molecule has 0 aromatic heterocycles. The van der Waals surface area contributed by atoms with Gasteiger partial charge < -0.3 is 11.1 Å². The van der Waals surface area contributed by atoms with Crippen LogP contribution in [0.2, 0.25) is 0 Å². The Kier molecular flexibility index (Phi) is 7.33. The number of nitrogens with two attached hydrogens (primary N) is 1. The van der Waals surface area contributed by atoms with Gasteiger partial charge in [0.2, 0.25) is 0 Å². The minimum atomic E-state index is -0.557. The molecule has 0 amide bonds. The van der Waals surface area contributed by atoms with Gasteiger partial charge in [0, 0.05) is 17.6 Å². The second kappa shape index (κ2) is 9.62. The lowest BCUT2D eigenvalue weighted by atomic mass is 9.73. The van der Waals surface area contributed by atoms with E-state index in [1.807, 2.05) is 0 Å². The molecule has 2 aromatic rings. The Morgan fingerprint density at radius 3 is 2.48 bits per heavy atom. The van der Waals surface area contributed by atoms with Gasteiger partial charge in [-0.1, -0.05) is 57.2 Å². The highest BCUT2D eigenvalue weighted by Crippen LogP contribution is 2.40. The molecule has 2 unspecified atom stereocenters. The van der Waals surface area contributed by atoms with Crippen molar-refractivity contribution in [1.29, 1.82) is 0 Å². The third-order valence-electron chi connectivity index (χ3n) is 6.37. The molecule has 1 fully saturated rings. The first-order valence-corrected chi connectivity index (χ1v) is 11.3. The number of nitrogens with one attached hydrogen (secondary N) is 1. The van der Waals surface area contributed by atoms with Gasteiger partial charge in [0.15, 0.2) is 0 Å². The minimum Gasteiger partial charge on any atom is -0.327 e. The van der Waals surface area contributed by atoms with E-state index in [1.54, 1.807) is 0 Å². The molecular weight excluding hydrogens is 390 g/mol. The van der Waals surface area contributed by atoms with Gasteiger partial charge in [-0.15, -0.1) is 0 Å². The molecule has 1 saturated carbocycles. The first kappa shape index (κ1) is 23.6. The molecule has 0 saturated heterocycles. The average molecular weight is 427 g/mol. The molecule has 2 atom stereocenters. The summed E-state index contributed by atoms with van der Waals surface area (Å²) in [6.07, 6.45) is 5.35. The summed E-state index contributed by atoms with van der Waals surface area (Å²) >= 11 is 0. The second-order valence-electron chi connectivity index (χ2n) is 10.2. The van der Waals surface area contributed by atoms with Crippen LogP contribution in [0.15, 0.2) is 54.6 Å². The van der Waals surface area contributed by atoms with Crippen LogP contribution in [-0.2, 0) is 17.4 Å². The van der Waals surface area contributed by atoms with E-state index in [-0.39, 0.29) is 17.0 Å². The Hall–Kier alpha value is -2.04. The summed E-state index contributed by atoms with van der Waals surface area (Å²) in [6.45, 7) is 11.7. The van der Waals surface area contributed by atoms with E-state index in [9.17, 15) is 8.78 Å². The van der Waals surface area contributed by atoms with Crippen molar-refractivity contribution in [3.63, 3.8) is 0 Å². The largest absolute Gasteiger partial charge is 0.327 e. The fourth-order valence-corrected chi connectivity index (χ4v) is 4.66. The van der Waals surface area contributed by atoms with Crippen molar-refractivity contribution in [1.82, 2.24) is 5.32 Å². The Morgan fingerprint density at radius 2 is 1.84 bits per heavy atom. The molecule has 1 aliphatic carbocycles. The van der Waals surface area contributed by atoms with Crippen molar-refractivity contribution in [2.24, 2.45) is 5.73 Å². The molecule has 0 spiro atoms. The molecule has 2 nitrogen and oxygen atoms in total. The van der Waals surface area contributed by atoms with E-state index >= 15 is 0 Å². The minimum absolute atomic E-state index is 0.0888. The van der Waals surface area contributed by atoms with Crippen LogP contribution < -0.4 is 11.1 Å². The molecule has 0 bridgehead atoms. The zero-order chi connectivity index (χ0) is 22.6. The van der Waals surface area contributed by atoms with Gasteiger partial charge in [0.05, 0.1) is 0 Å². The third-order valence-corrected chi connectivity index (χ3v) is 6.37. The lowest BCUT2D eigenvalue weighted by molar-refractivity contribution is 0.267. The number of hydrogen-bond acceptors (Lipinski definition) is 2. The van der Waals surface area contributed by atoms with E-state index in [0.717, 1.165) is 44.7 Å². The van der Waals surface area contributed by atoms with Crippen LogP contribution in [0.25, 0.3) is 0 Å². The first-order chi connectivity index (χ1) is 14.6. The van der Waals surface area contributed by atoms with Crippen molar-refractivity contribution in [3.8, 4) is 0 Å². The highest BCUT2D eigenvalue weighted by molar-refractivity contribution is 5.35. The van der Waals surface area contributed by atoms with Gasteiger partial charge >= 0.3 is 0 Å². The van der Waals surface area contributed by atoms with Crippen LogP contribution >= 0.6 is 0 Å². The number of rotatable bonds is 7. The van der Waals surface area contributed by atoms with Crippen molar-refractivity contribution in [2.75, 3.05) is 6.54 Å². The molecule has 1 aliphatic rings. The van der Waals surface area contributed by atoms with Gasteiger partial charge in [-0.3, -0.25) is 0 Å². The zero-order valence-electron chi connectivity index (χ0n) is 19.1. The summed E-state index contributed by atoms with van der Waals surface area (Å²) in [5.41, 5.74) is 10.8. The van der Waals surface area contributed by atoms with Crippen molar-refractivity contribution in [3.05, 3.63) is 82.9 Å². The Morgan fingerprint density at radius 1 is 1.13 bits per heavy atom. The maximum absolute atomic E-state index is 13.5. The summed E-state index contributed by atoms with van der Waals surface area (Å²) in [4.78, 5) is 0. The molecule has 168 valence electrons. The Bertz CT molecular complexity index is 895. The first-order valence-electron chi connectivity index (χ1n) is 11.3. The molecule has 0 radical (unpaired) electrons. The highest BCUT2D eigenvalue weighted by Gasteiger charge is 2.35. The van der Waals surface area contributed by atoms with Crippen LogP contribution in [0.3, 0.4) is 0 Å². The van der Waals surface area contributed by atoms with Gasteiger partial charge in [-0.25, -0.2) is 8.78 Å². The predicted octanol–water partition coefficient (Wildman–Crippen LogP) is 6.14. The van der Waals surface area contributed by atoms with E-state index in [2.05, 4.69) is 56.9 Å². The quantitative estimate of drug-likeness (QED) is 0.522. The monoisotopic (exact) mass is 426 g/mol. The predicted molar refractivity (Wildman–Crippen MR) is 125 cm³/mol. The summed E-state index contributed by atoms with van der Waals surface area (Å²) < 4.78 is 26.9. The smallest absolute Gasteiger partial charge is 0.126 e. The molecule has 31 heavy (non-hydrogen) atoms. The zero-order valence-corrected chi connectivity index (χ0v) is 19.1. The van der Waals surface area contributed by atoms with E-state index in [1.165, 1.54) is 28.8 Å². The summed E-state index contributed by atoms with van der Waals surface area (Å²) in [6, 6.07) is 12.4. The van der Waals surface area contributed by atoms with Crippen LogP contribution in [0, 0.1) is 11.6 Å². The maximum Gasteiger partial charge on any atom is 0.126 e. The number of benzene rings is 2. The second-order valence-corrected chi connectivity index (χ2v) is 10.2. The SMILES string of the molecule is C=C1CCCC(NCCC(N)Cc2cc(F)cc(F)c2)(c2cccc(C(C)(C)C)c2)C1. The van der Waals surface area contributed by atoms with E-state index < -0.39 is 11.6 Å². The standard InChI is InChI=1S/C27H36F2N2/c1-19-7-6-11-27(18-19,22-9-5-8-21(16-22)26(2,3)4)31-12-10-25(30)15-20-13-23(28)17-24(29)14-20/h5,8-9,13-14,16-17,25,31H,1,6-7,10-12,15,18,30H2,2-4H3. The van der Waals surface area contributed by atoms with Gasteiger partial charge in [0.1, 0.15) is 11.6 Å². The van der Waals surface area contributed by atoms with Crippen molar-refractivity contribution in [2.45, 2.75) is 76.3 Å². The highest BCUT2D eigenvalue weighted by atomic mass is 19.1. The molecule has 4 heteroatoms. The van der Waals surface area contributed by atoms with E-state index in [0.29, 0.717) is 12.0 Å². The molecular formula is C27H36F2N2. The molecule has 0 aliphatic heterocycles. The molecule has 3 rings (SSSR count). The van der Waals surface area contributed by atoms with Gasteiger partial charge in [0.25, 0.3) is 0 Å². The summed E-state index contributed by atoms with van der Waals surface area (Å²) in [7, 11) is 0. The maximum atomic E-state index is 13.5. The van der Waals surface area contributed by atoms with Crippen molar-refractivity contribution < 1.29 is 8.78 Å². The fraction of sp³-hybridized carbons (Fsp3) is 0.481. The molecule has 0 heterocycles. The van der Waals surface area contributed by atoms with Crippen LogP contribution in [0.4, 0.5) is 8.78 Å². The van der Waals surface area contributed by atoms with Crippen molar-refractivity contribution >= 4 is 0 Å². The average Bonchev–Trinajstić information content (AvgIpc) is 2.66. The Balaban J connectivity index is 1.71. The van der Waals surface area contributed by atoms with Crippen LogP contribution in [0.5, 0.6) is 0 Å². The molecule has 2 aromatic carbocycles. The van der Waals surface area contributed by atoms with Crippen LogP contribution in [0.1, 0.15) is 69.6 Å². The Labute approximate surface area is 185 Å². The fourth-order valence-electron chi connectivity index (χ4n) is 4.66. The van der Waals surface area contributed by atoms with E-state index in [4.69, 9.17) is 5.73 Å². The van der Waals surface area contributed by atoms with Crippen LogP contribution in [-0.4, -0.2) is 12.6 Å².